The normalized spacial score (nSPS) is 23.8. The third-order valence-electron chi connectivity index (χ3n) is 4.65. The molecule has 0 spiro atoms. The minimum absolute atomic E-state index is 0.279. The minimum Gasteiger partial charge on any atom is -0.396 e. The molecule has 0 amide bonds. The van der Waals surface area contributed by atoms with Crippen molar-refractivity contribution in [2.45, 2.75) is 32.4 Å². The van der Waals surface area contributed by atoms with Crippen molar-refractivity contribution < 1.29 is 5.11 Å². The number of piperidine rings is 1. The largest absolute Gasteiger partial charge is 0.396 e. The van der Waals surface area contributed by atoms with Gasteiger partial charge in [0.25, 0.3) is 0 Å². The second kappa shape index (κ2) is 5.95. The molecule has 2 unspecified atom stereocenters. The molecular formula is C16H22ClN3O. The van der Waals surface area contributed by atoms with Crippen molar-refractivity contribution in [3.8, 4) is 0 Å². The van der Waals surface area contributed by atoms with E-state index in [-0.39, 0.29) is 6.61 Å². The molecule has 1 aliphatic rings. The third-order valence-corrected chi connectivity index (χ3v) is 4.88. The molecule has 2 heterocycles. The minimum atomic E-state index is 0.279. The molecule has 1 aromatic heterocycles. The summed E-state index contributed by atoms with van der Waals surface area (Å²) in [6, 6.07) is 6.37. The smallest absolute Gasteiger partial charge is 0.123 e. The zero-order valence-corrected chi connectivity index (χ0v) is 13.3. The summed E-state index contributed by atoms with van der Waals surface area (Å²) in [5, 5.41) is 10.1. The number of rotatable bonds is 3. The van der Waals surface area contributed by atoms with Crippen LogP contribution >= 0.6 is 11.6 Å². The summed E-state index contributed by atoms with van der Waals surface area (Å²) in [4.78, 5) is 7.15. The van der Waals surface area contributed by atoms with Gasteiger partial charge in [-0.2, -0.15) is 0 Å². The lowest BCUT2D eigenvalue weighted by Gasteiger charge is -2.37. The van der Waals surface area contributed by atoms with Crippen LogP contribution in [0.3, 0.4) is 0 Å². The van der Waals surface area contributed by atoms with Gasteiger partial charge in [0.1, 0.15) is 5.82 Å². The van der Waals surface area contributed by atoms with E-state index in [0.29, 0.717) is 12.0 Å². The van der Waals surface area contributed by atoms with Gasteiger partial charge in [0.05, 0.1) is 17.6 Å². The Bertz CT molecular complexity index is 640. The molecule has 1 aromatic carbocycles. The number of halogens is 1. The lowest BCUT2D eigenvalue weighted by molar-refractivity contribution is 0.0746. The molecule has 114 valence electrons. The number of aliphatic hydroxyl groups excluding tert-OH is 1. The number of nitrogens with zero attached hydrogens (tertiary/aromatic N) is 3. The van der Waals surface area contributed by atoms with E-state index in [9.17, 15) is 5.11 Å². The molecule has 1 aliphatic heterocycles. The first-order valence-corrected chi connectivity index (χ1v) is 7.92. The molecule has 21 heavy (non-hydrogen) atoms. The number of benzene rings is 1. The summed E-state index contributed by atoms with van der Waals surface area (Å²) in [6.07, 6.45) is 2.26. The van der Waals surface area contributed by atoms with E-state index >= 15 is 0 Å². The summed E-state index contributed by atoms with van der Waals surface area (Å²) >= 11 is 6.05. The number of fused-ring (bicyclic) bond motifs is 1. The van der Waals surface area contributed by atoms with Crippen molar-refractivity contribution >= 4 is 22.6 Å². The van der Waals surface area contributed by atoms with Gasteiger partial charge in [0.15, 0.2) is 0 Å². The van der Waals surface area contributed by atoms with E-state index in [0.717, 1.165) is 47.8 Å². The summed E-state index contributed by atoms with van der Waals surface area (Å²) in [5.74, 6) is 1.45. The molecule has 0 aliphatic carbocycles. The SMILES string of the molecule is CC1CCC(CO)CN1Cc1nc2cc(Cl)ccc2n1C. The number of likely N-dealkylation sites (tertiary alicyclic amines) is 1. The van der Waals surface area contributed by atoms with Gasteiger partial charge >= 0.3 is 0 Å². The average molecular weight is 308 g/mol. The summed E-state index contributed by atoms with van der Waals surface area (Å²) < 4.78 is 2.14. The molecule has 5 heteroatoms. The molecule has 1 fully saturated rings. The van der Waals surface area contributed by atoms with Crippen LogP contribution in [0.1, 0.15) is 25.6 Å². The van der Waals surface area contributed by atoms with Gasteiger partial charge in [-0.25, -0.2) is 4.98 Å². The van der Waals surface area contributed by atoms with Crippen LogP contribution in [0.25, 0.3) is 11.0 Å². The highest BCUT2D eigenvalue weighted by molar-refractivity contribution is 6.31. The highest BCUT2D eigenvalue weighted by atomic mass is 35.5. The predicted octanol–water partition coefficient (Wildman–Crippen LogP) is 2.82. The van der Waals surface area contributed by atoms with Crippen LogP contribution in [0.15, 0.2) is 18.2 Å². The van der Waals surface area contributed by atoms with Gasteiger partial charge in [-0.15, -0.1) is 0 Å². The van der Waals surface area contributed by atoms with Crippen molar-refractivity contribution in [2.24, 2.45) is 13.0 Å². The van der Waals surface area contributed by atoms with Crippen LogP contribution in [0.5, 0.6) is 0 Å². The molecule has 2 atom stereocenters. The van der Waals surface area contributed by atoms with E-state index in [1.807, 2.05) is 18.2 Å². The van der Waals surface area contributed by atoms with Crippen LogP contribution in [-0.4, -0.2) is 38.8 Å². The molecule has 0 bridgehead atoms. The molecule has 3 rings (SSSR count). The first-order valence-electron chi connectivity index (χ1n) is 7.54. The van der Waals surface area contributed by atoms with E-state index in [4.69, 9.17) is 16.6 Å². The van der Waals surface area contributed by atoms with E-state index in [2.05, 4.69) is 23.4 Å². The second-order valence-corrected chi connectivity index (χ2v) is 6.56. The van der Waals surface area contributed by atoms with Gasteiger partial charge in [0.2, 0.25) is 0 Å². The van der Waals surface area contributed by atoms with Crippen LogP contribution in [-0.2, 0) is 13.6 Å². The highest BCUT2D eigenvalue weighted by Gasteiger charge is 2.26. The number of hydrogen-bond acceptors (Lipinski definition) is 3. The quantitative estimate of drug-likeness (QED) is 0.948. The monoisotopic (exact) mass is 307 g/mol. The lowest BCUT2D eigenvalue weighted by atomic mass is 9.94. The van der Waals surface area contributed by atoms with Crippen LogP contribution in [0, 0.1) is 5.92 Å². The van der Waals surface area contributed by atoms with Crippen molar-refractivity contribution in [3.63, 3.8) is 0 Å². The Labute approximate surface area is 130 Å². The van der Waals surface area contributed by atoms with E-state index < -0.39 is 0 Å². The molecule has 1 N–H and O–H groups in total. The van der Waals surface area contributed by atoms with Crippen LogP contribution < -0.4 is 0 Å². The zero-order valence-electron chi connectivity index (χ0n) is 12.6. The number of imidazole rings is 1. The van der Waals surface area contributed by atoms with Gasteiger partial charge < -0.3 is 9.67 Å². The van der Waals surface area contributed by atoms with E-state index in [1.165, 1.54) is 0 Å². The Kier molecular flexibility index (Phi) is 4.20. The average Bonchev–Trinajstić information content (AvgIpc) is 2.77. The van der Waals surface area contributed by atoms with Gasteiger partial charge in [-0.05, 0) is 43.9 Å². The van der Waals surface area contributed by atoms with E-state index in [1.54, 1.807) is 0 Å². The fourth-order valence-electron chi connectivity index (χ4n) is 3.18. The number of aromatic nitrogens is 2. The molecule has 0 radical (unpaired) electrons. The number of aryl methyl sites for hydroxylation is 1. The maximum Gasteiger partial charge on any atom is 0.123 e. The Morgan fingerprint density at radius 1 is 1.38 bits per heavy atom. The van der Waals surface area contributed by atoms with Gasteiger partial charge in [-0.3, -0.25) is 4.90 Å². The van der Waals surface area contributed by atoms with Crippen molar-refractivity contribution in [1.82, 2.24) is 14.5 Å². The zero-order chi connectivity index (χ0) is 15.0. The van der Waals surface area contributed by atoms with Crippen molar-refractivity contribution in [2.75, 3.05) is 13.2 Å². The Morgan fingerprint density at radius 2 is 2.19 bits per heavy atom. The highest BCUT2D eigenvalue weighted by Crippen LogP contribution is 2.25. The van der Waals surface area contributed by atoms with Crippen molar-refractivity contribution in [3.05, 3.63) is 29.0 Å². The molecule has 0 saturated carbocycles. The molecular weight excluding hydrogens is 286 g/mol. The number of aliphatic hydroxyl groups is 1. The van der Waals surface area contributed by atoms with Crippen LogP contribution in [0.2, 0.25) is 5.02 Å². The summed E-state index contributed by atoms with van der Waals surface area (Å²) in [7, 11) is 2.05. The lowest BCUT2D eigenvalue weighted by Crippen LogP contribution is -2.42. The van der Waals surface area contributed by atoms with Gasteiger partial charge in [0, 0.05) is 31.3 Å². The third kappa shape index (κ3) is 2.93. The molecule has 4 nitrogen and oxygen atoms in total. The van der Waals surface area contributed by atoms with Gasteiger partial charge in [-0.1, -0.05) is 11.6 Å². The fourth-order valence-corrected chi connectivity index (χ4v) is 3.34. The second-order valence-electron chi connectivity index (χ2n) is 6.12. The maximum atomic E-state index is 9.40. The Balaban J connectivity index is 1.85. The Morgan fingerprint density at radius 3 is 2.95 bits per heavy atom. The fraction of sp³-hybridized carbons (Fsp3) is 0.562. The Hall–Kier alpha value is -1.10. The van der Waals surface area contributed by atoms with Crippen molar-refractivity contribution in [1.29, 1.82) is 0 Å². The maximum absolute atomic E-state index is 9.40. The first kappa shape index (κ1) is 14.8. The standard InChI is InChI=1S/C16H22ClN3O/c1-11-3-4-12(10-21)8-20(11)9-16-18-14-7-13(17)5-6-15(14)19(16)2/h5-7,11-12,21H,3-4,8-10H2,1-2H3. The first-order chi connectivity index (χ1) is 10.1. The molecule has 1 saturated heterocycles. The van der Waals surface area contributed by atoms with Crippen LogP contribution in [0.4, 0.5) is 0 Å². The summed E-state index contributed by atoms with van der Waals surface area (Å²) in [5.41, 5.74) is 2.06. The number of hydrogen-bond donors (Lipinski definition) is 1. The summed E-state index contributed by atoms with van der Waals surface area (Å²) in [6.45, 7) is 4.30. The predicted molar refractivity (Wildman–Crippen MR) is 85.4 cm³/mol. The topological polar surface area (TPSA) is 41.3 Å². The molecule has 2 aromatic rings.